The van der Waals surface area contributed by atoms with Crippen LogP contribution in [0.25, 0.3) is 5.65 Å². The second-order valence-corrected chi connectivity index (χ2v) is 10.3. The van der Waals surface area contributed by atoms with Crippen LogP contribution < -0.4 is 4.90 Å². The van der Waals surface area contributed by atoms with Crippen molar-refractivity contribution in [1.82, 2.24) is 14.6 Å². The van der Waals surface area contributed by atoms with Crippen LogP contribution in [0, 0.1) is 6.92 Å². The zero-order chi connectivity index (χ0) is 30.0. The molecule has 220 valence electrons. The molecule has 7 nitrogen and oxygen atoms in total. The van der Waals surface area contributed by atoms with Gasteiger partial charge in [-0.2, -0.15) is 13.2 Å². The third kappa shape index (κ3) is 5.89. The summed E-state index contributed by atoms with van der Waals surface area (Å²) >= 11 is 0. The Balaban J connectivity index is 1.57. The Hall–Kier alpha value is -4.54. The van der Waals surface area contributed by atoms with E-state index in [1.807, 2.05) is 66.7 Å². The number of aliphatic hydroxyl groups is 1. The molecule has 1 saturated heterocycles. The molecule has 0 atom stereocenters. The molecule has 0 saturated carbocycles. The number of halogens is 3. The summed E-state index contributed by atoms with van der Waals surface area (Å²) in [6.07, 6.45) is -4.38. The lowest BCUT2D eigenvalue weighted by molar-refractivity contribution is -0.138. The first-order valence-electron chi connectivity index (χ1n) is 14.0. The molecular formula is C33H30F3N5O2. The molecule has 0 radical (unpaired) electrons. The van der Waals surface area contributed by atoms with Crippen molar-refractivity contribution in [2.24, 2.45) is 4.99 Å². The summed E-state index contributed by atoms with van der Waals surface area (Å²) in [5.41, 5.74) is 4.24. The van der Waals surface area contributed by atoms with Gasteiger partial charge in [-0.15, -0.1) is 5.10 Å². The van der Waals surface area contributed by atoms with Crippen LogP contribution in [-0.4, -0.2) is 51.7 Å². The first kappa shape index (κ1) is 28.6. The molecule has 43 heavy (non-hydrogen) atoms. The smallest absolute Gasteiger partial charge is 0.390 e. The first-order chi connectivity index (χ1) is 20.8. The molecule has 1 aliphatic rings. The molecule has 6 rings (SSSR count). The molecule has 0 amide bonds. The van der Waals surface area contributed by atoms with E-state index in [9.17, 15) is 18.3 Å². The molecule has 0 bridgehead atoms. The van der Waals surface area contributed by atoms with Gasteiger partial charge in [0.1, 0.15) is 5.69 Å². The number of alkyl halides is 3. The number of ether oxygens (including phenoxy) is 1. The maximum atomic E-state index is 13.7. The molecule has 0 aliphatic carbocycles. The highest BCUT2D eigenvalue weighted by Gasteiger charge is 2.33. The molecule has 5 aromatic rings. The Morgan fingerprint density at radius 3 is 2.19 bits per heavy atom. The average Bonchev–Trinajstić information content (AvgIpc) is 3.39. The van der Waals surface area contributed by atoms with Crippen molar-refractivity contribution in [3.05, 3.63) is 124 Å². The molecule has 3 aromatic carbocycles. The first-order valence-corrected chi connectivity index (χ1v) is 14.0. The van der Waals surface area contributed by atoms with E-state index in [-0.39, 0.29) is 12.0 Å². The van der Waals surface area contributed by atoms with Gasteiger partial charge in [-0.25, -0.2) is 14.5 Å². The fraction of sp³-hybridized carbons (Fsp3) is 0.242. The molecular weight excluding hydrogens is 555 g/mol. The molecule has 0 spiro atoms. The number of aliphatic hydroxyl groups excluding tert-OH is 1. The van der Waals surface area contributed by atoms with Crippen molar-refractivity contribution in [3.8, 4) is 0 Å². The number of benzene rings is 3. The largest absolute Gasteiger partial charge is 0.416 e. The number of hydrogen-bond acceptors (Lipinski definition) is 6. The van der Waals surface area contributed by atoms with Gasteiger partial charge in [0.15, 0.2) is 11.5 Å². The molecule has 1 fully saturated rings. The number of hydrogen-bond donors (Lipinski definition) is 1. The number of imidazole rings is 1. The van der Waals surface area contributed by atoms with Gasteiger partial charge in [0, 0.05) is 36.7 Å². The lowest BCUT2D eigenvalue weighted by Crippen LogP contribution is -2.37. The van der Waals surface area contributed by atoms with Crippen molar-refractivity contribution < 1.29 is 23.0 Å². The fourth-order valence-corrected chi connectivity index (χ4v) is 5.38. The average molecular weight is 586 g/mol. The predicted octanol–water partition coefficient (Wildman–Crippen LogP) is 6.15. The van der Waals surface area contributed by atoms with Gasteiger partial charge in [-0.3, -0.25) is 0 Å². The van der Waals surface area contributed by atoms with Gasteiger partial charge in [-0.1, -0.05) is 72.8 Å². The van der Waals surface area contributed by atoms with Crippen LogP contribution in [0.2, 0.25) is 0 Å². The normalized spacial score (nSPS) is 13.8. The Morgan fingerprint density at radius 1 is 0.930 bits per heavy atom. The van der Waals surface area contributed by atoms with Crippen molar-refractivity contribution in [1.29, 1.82) is 0 Å². The topological polar surface area (TPSA) is 75.2 Å². The molecule has 2 aromatic heterocycles. The Bertz CT molecular complexity index is 1720. The fourth-order valence-electron chi connectivity index (χ4n) is 5.38. The van der Waals surface area contributed by atoms with Gasteiger partial charge >= 0.3 is 6.18 Å². The zero-order valence-electron chi connectivity index (χ0n) is 23.6. The summed E-state index contributed by atoms with van der Waals surface area (Å²) in [5.74, 6) is 0.638. The molecule has 1 N–H and O–H groups in total. The van der Waals surface area contributed by atoms with Crippen LogP contribution in [0.4, 0.5) is 24.7 Å². The number of nitrogens with zero attached hydrogens (tertiary/aromatic N) is 5. The van der Waals surface area contributed by atoms with Gasteiger partial charge in [-0.05, 0) is 24.1 Å². The van der Waals surface area contributed by atoms with E-state index in [1.54, 1.807) is 10.6 Å². The second kappa shape index (κ2) is 12.0. The van der Waals surface area contributed by atoms with Crippen LogP contribution in [0.5, 0.6) is 0 Å². The lowest BCUT2D eigenvalue weighted by atomic mass is 9.98. The number of aliphatic imine (C=N–C) groups is 1. The minimum absolute atomic E-state index is 0.0970. The highest BCUT2D eigenvalue weighted by Crippen LogP contribution is 2.35. The number of morpholine rings is 1. The number of rotatable bonds is 7. The van der Waals surface area contributed by atoms with Crippen molar-refractivity contribution >= 4 is 22.9 Å². The van der Waals surface area contributed by atoms with Gasteiger partial charge < -0.3 is 14.7 Å². The number of fused-ring (bicyclic) bond motifs is 1. The monoisotopic (exact) mass is 585 g/mol. The summed E-state index contributed by atoms with van der Waals surface area (Å²) < 4.78 is 48.3. The maximum absolute atomic E-state index is 13.7. The van der Waals surface area contributed by atoms with Crippen molar-refractivity contribution in [2.45, 2.75) is 26.1 Å². The maximum Gasteiger partial charge on any atom is 0.416 e. The summed E-state index contributed by atoms with van der Waals surface area (Å²) in [5, 5.41) is 15.3. The van der Waals surface area contributed by atoms with Crippen LogP contribution in [-0.2, 0) is 23.9 Å². The van der Waals surface area contributed by atoms with Gasteiger partial charge in [0.2, 0.25) is 0 Å². The van der Waals surface area contributed by atoms with Crippen LogP contribution in [0.3, 0.4) is 0 Å². The van der Waals surface area contributed by atoms with Crippen molar-refractivity contribution in [3.63, 3.8) is 0 Å². The third-order valence-electron chi connectivity index (χ3n) is 7.65. The van der Waals surface area contributed by atoms with E-state index in [4.69, 9.17) is 19.8 Å². The summed E-state index contributed by atoms with van der Waals surface area (Å²) in [6.45, 7) is 3.38. The summed E-state index contributed by atoms with van der Waals surface area (Å²) in [6, 6.07) is 25.6. The van der Waals surface area contributed by atoms with E-state index in [1.165, 1.54) is 13.0 Å². The molecule has 0 unspecified atom stereocenters. The van der Waals surface area contributed by atoms with Gasteiger partial charge in [0.25, 0.3) is 0 Å². The molecule has 10 heteroatoms. The highest BCUT2D eigenvalue weighted by molar-refractivity contribution is 6.14. The summed E-state index contributed by atoms with van der Waals surface area (Å²) in [7, 11) is 0. The third-order valence-corrected chi connectivity index (χ3v) is 7.65. The van der Waals surface area contributed by atoms with E-state index in [2.05, 4.69) is 4.90 Å². The van der Waals surface area contributed by atoms with E-state index >= 15 is 0 Å². The Labute approximate surface area is 246 Å². The standard InChI is InChI=1S/C33H30F3N5O2/c1-22-25(13-8-14-26(22)33(34,35)36)19-29-28(21-42)38-32-27(20-30(39-41(29)32)40-15-17-43-18-16-40)37-31(23-9-4-2-5-10-23)24-11-6-3-7-12-24/h2-14,20,42H,15-19,21H2,1H3. The lowest BCUT2D eigenvalue weighted by Gasteiger charge is -2.28. The Morgan fingerprint density at radius 2 is 1.58 bits per heavy atom. The molecule has 1 aliphatic heterocycles. The minimum Gasteiger partial charge on any atom is -0.390 e. The van der Waals surface area contributed by atoms with Gasteiger partial charge in [0.05, 0.1) is 42.5 Å². The van der Waals surface area contributed by atoms with E-state index in [0.29, 0.717) is 60.4 Å². The number of aromatic nitrogens is 3. The number of anilines is 1. The predicted molar refractivity (Wildman–Crippen MR) is 159 cm³/mol. The van der Waals surface area contributed by atoms with Crippen molar-refractivity contribution in [2.75, 3.05) is 31.2 Å². The van der Waals surface area contributed by atoms with E-state index < -0.39 is 18.3 Å². The highest BCUT2D eigenvalue weighted by atomic mass is 19.4. The van der Waals surface area contributed by atoms with Crippen LogP contribution in [0.1, 0.15) is 39.2 Å². The van der Waals surface area contributed by atoms with Crippen LogP contribution in [0.15, 0.2) is 89.9 Å². The zero-order valence-corrected chi connectivity index (χ0v) is 23.6. The quantitative estimate of drug-likeness (QED) is 0.232. The van der Waals surface area contributed by atoms with Crippen LogP contribution >= 0.6 is 0 Å². The summed E-state index contributed by atoms with van der Waals surface area (Å²) in [4.78, 5) is 12.0. The van der Waals surface area contributed by atoms with E-state index in [0.717, 1.165) is 22.9 Å². The SMILES string of the molecule is Cc1c(Cc2c(CO)nc3c(N=C(c4ccccc4)c4ccccc4)cc(N4CCOCC4)nn23)cccc1C(F)(F)F. The Kier molecular flexibility index (Phi) is 7.96. The minimum atomic E-state index is -4.48. The second-order valence-electron chi connectivity index (χ2n) is 10.3. The molecule has 3 heterocycles.